The van der Waals surface area contributed by atoms with E-state index in [2.05, 4.69) is 39.5 Å². The van der Waals surface area contributed by atoms with Crippen LogP contribution < -0.4 is 5.73 Å². The molecule has 0 bridgehead atoms. The van der Waals surface area contributed by atoms with Crippen molar-refractivity contribution in [2.24, 2.45) is 16.6 Å². The molecule has 2 atom stereocenters. The fraction of sp³-hybridized carbons (Fsp3) is 1.00. The van der Waals surface area contributed by atoms with Crippen LogP contribution in [-0.4, -0.2) is 42.8 Å². The zero-order valence-corrected chi connectivity index (χ0v) is 14.2. The van der Waals surface area contributed by atoms with E-state index < -0.39 is 0 Å². The molecule has 3 nitrogen and oxygen atoms in total. The minimum atomic E-state index is -0.0766. The largest absolute Gasteiger partial charge is 0.378 e. The van der Waals surface area contributed by atoms with Gasteiger partial charge in [0.1, 0.15) is 0 Å². The van der Waals surface area contributed by atoms with Gasteiger partial charge in [-0.2, -0.15) is 0 Å². The second kappa shape index (κ2) is 5.58. The van der Waals surface area contributed by atoms with Crippen LogP contribution in [0, 0.1) is 10.8 Å². The third-order valence-corrected chi connectivity index (χ3v) is 6.43. The van der Waals surface area contributed by atoms with Crippen molar-refractivity contribution in [3.05, 3.63) is 0 Å². The average Bonchev–Trinajstić information content (AvgIpc) is 2.41. The van der Waals surface area contributed by atoms with E-state index >= 15 is 0 Å². The molecule has 1 saturated heterocycles. The lowest BCUT2D eigenvalue weighted by molar-refractivity contribution is -0.158. The predicted molar refractivity (Wildman–Crippen MR) is 84.8 cm³/mol. The Morgan fingerprint density at radius 2 is 1.75 bits per heavy atom. The van der Waals surface area contributed by atoms with Gasteiger partial charge in [0.05, 0.1) is 6.10 Å². The van der Waals surface area contributed by atoms with Gasteiger partial charge >= 0.3 is 0 Å². The van der Waals surface area contributed by atoms with Gasteiger partial charge in [0.25, 0.3) is 0 Å². The number of ether oxygens (including phenoxy) is 1. The van der Waals surface area contributed by atoms with Crippen molar-refractivity contribution in [1.29, 1.82) is 0 Å². The zero-order chi connectivity index (χ0) is 15.0. The maximum atomic E-state index is 6.71. The van der Waals surface area contributed by atoms with Crippen LogP contribution in [0.3, 0.4) is 0 Å². The molecule has 1 aliphatic carbocycles. The van der Waals surface area contributed by atoms with Gasteiger partial charge in [-0.3, -0.25) is 0 Å². The summed E-state index contributed by atoms with van der Waals surface area (Å²) in [4.78, 5) is 2.58. The van der Waals surface area contributed by atoms with Gasteiger partial charge in [0.15, 0.2) is 0 Å². The molecular formula is C17H34N2O. The molecule has 0 aromatic heterocycles. The highest BCUT2D eigenvalue weighted by molar-refractivity contribution is 5.15. The summed E-state index contributed by atoms with van der Waals surface area (Å²) in [6.07, 6.45) is 5.27. The van der Waals surface area contributed by atoms with Gasteiger partial charge in [-0.05, 0) is 44.7 Å². The Morgan fingerprint density at radius 1 is 1.15 bits per heavy atom. The van der Waals surface area contributed by atoms with Crippen molar-refractivity contribution in [2.45, 2.75) is 71.9 Å². The van der Waals surface area contributed by atoms with E-state index in [0.717, 1.165) is 19.6 Å². The van der Waals surface area contributed by atoms with Gasteiger partial charge in [-0.15, -0.1) is 0 Å². The smallest absolute Gasteiger partial charge is 0.0662 e. The Bertz CT molecular complexity index is 334. The Kier molecular flexibility index (Phi) is 4.54. The molecule has 1 heterocycles. The van der Waals surface area contributed by atoms with Crippen LogP contribution in [0.1, 0.15) is 60.3 Å². The Labute approximate surface area is 125 Å². The van der Waals surface area contributed by atoms with Crippen molar-refractivity contribution >= 4 is 0 Å². The fourth-order valence-corrected chi connectivity index (χ4v) is 3.78. The van der Waals surface area contributed by atoms with Crippen LogP contribution in [0.25, 0.3) is 0 Å². The number of nitrogens with two attached hydrogens (primary N) is 1. The molecule has 0 amide bonds. The molecule has 3 heteroatoms. The summed E-state index contributed by atoms with van der Waals surface area (Å²) in [5, 5.41) is 0. The molecule has 2 fully saturated rings. The average molecular weight is 282 g/mol. The Balaban J connectivity index is 1.89. The topological polar surface area (TPSA) is 38.5 Å². The van der Waals surface area contributed by atoms with Gasteiger partial charge in [0.2, 0.25) is 0 Å². The molecule has 2 unspecified atom stereocenters. The summed E-state index contributed by atoms with van der Waals surface area (Å²) in [7, 11) is 0. The lowest BCUT2D eigenvalue weighted by Crippen LogP contribution is -2.73. The number of likely N-dealkylation sites (tertiary alicyclic amines) is 1. The van der Waals surface area contributed by atoms with Crippen molar-refractivity contribution in [2.75, 3.05) is 26.2 Å². The Hall–Kier alpha value is -0.120. The first kappa shape index (κ1) is 16.3. The first-order valence-corrected chi connectivity index (χ1v) is 8.39. The van der Waals surface area contributed by atoms with Crippen LogP contribution in [-0.2, 0) is 4.74 Å². The van der Waals surface area contributed by atoms with E-state index in [-0.39, 0.29) is 11.0 Å². The lowest BCUT2D eigenvalue weighted by Gasteiger charge is -2.61. The van der Waals surface area contributed by atoms with Crippen molar-refractivity contribution in [3.8, 4) is 0 Å². The predicted octanol–water partition coefficient (Wildman–Crippen LogP) is 3.03. The zero-order valence-electron chi connectivity index (χ0n) is 14.2. The summed E-state index contributed by atoms with van der Waals surface area (Å²) < 4.78 is 5.83. The monoisotopic (exact) mass is 282 g/mol. The second-order valence-electron chi connectivity index (χ2n) is 7.97. The van der Waals surface area contributed by atoms with Gasteiger partial charge in [-0.1, -0.05) is 34.1 Å². The summed E-state index contributed by atoms with van der Waals surface area (Å²) >= 11 is 0. The lowest BCUT2D eigenvalue weighted by atomic mass is 9.54. The minimum absolute atomic E-state index is 0.0766. The van der Waals surface area contributed by atoms with Crippen molar-refractivity contribution in [1.82, 2.24) is 4.90 Å². The molecule has 2 N–H and O–H groups in total. The molecule has 2 rings (SSSR count). The van der Waals surface area contributed by atoms with E-state index in [1.165, 1.54) is 32.4 Å². The summed E-state index contributed by atoms with van der Waals surface area (Å²) in [5.74, 6) is 0. The SMILES string of the molecule is CCOC1CC(N)(CN2CCC(C)(CC)CC2)C1(C)C. The molecule has 2 aliphatic rings. The minimum Gasteiger partial charge on any atom is -0.378 e. The first-order valence-electron chi connectivity index (χ1n) is 8.39. The molecule has 0 aromatic carbocycles. The number of piperidine rings is 1. The molecule has 0 spiro atoms. The van der Waals surface area contributed by atoms with E-state index in [4.69, 9.17) is 10.5 Å². The highest BCUT2D eigenvalue weighted by atomic mass is 16.5. The van der Waals surface area contributed by atoms with E-state index in [0.29, 0.717) is 11.5 Å². The van der Waals surface area contributed by atoms with Gasteiger partial charge < -0.3 is 15.4 Å². The summed E-state index contributed by atoms with van der Waals surface area (Å²) in [6, 6.07) is 0. The molecule has 1 saturated carbocycles. The maximum absolute atomic E-state index is 6.71. The molecule has 1 aliphatic heterocycles. The van der Waals surface area contributed by atoms with E-state index in [1.54, 1.807) is 0 Å². The third kappa shape index (κ3) is 2.77. The van der Waals surface area contributed by atoms with Crippen LogP contribution in [0.5, 0.6) is 0 Å². The van der Waals surface area contributed by atoms with Crippen molar-refractivity contribution < 1.29 is 4.74 Å². The van der Waals surface area contributed by atoms with Crippen molar-refractivity contribution in [3.63, 3.8) is 0 Å². The van der Waals surface area contributed by atoms with Crippen LogP contribution in [0.4, 0.5) is 0 Å². The molecule has 0 aromatic rings. The number of rotatable bonds is 5. The van der Waals surface area contributed by atoms with Crippen LogP contribution in [0.2, 0.25) is 0 Å². The summed E-state index contributed by atoms with van der Waals surface area (Å²) in [5.41, 5.74) is 7.28. The van der Waals surface area contributed by atoms with Crippen LogP contribution in [0.15, 0.2) is 0 Å². The highest BCUT2D eigenvalue weighted by Crippen LogP contribution is 2.50. The number of hydrogen-bond donors (Lipinski definition) is 1. The highest BCUT2D eigenvalue weighted by Gasteiger charge is 2.58. The normalized spacial score (nSPS) is 36.6. The Morgan fingerprint density at radius 3 is 2.20 bits per heavy atom. The summed E-state index contributed by atoms with van der Waals surface area (Å²) in [6.45, 7) is 15.6. The second-order valence-corrected chi connectivity index (χ2v) is 7.97. The van der Waals surface area contributed by atoms with E-state index in [9.17, 15) is 0 Å². The quantitative estimate of drug-likeness (QED) is 0.842. The maximum Gasteiger partial charge on any atom is 0.0662 e. The molecule has 20 heavy (non-hydrogen) atoms. The fourth-order valence-electron chi connectivity index (χ4n) is 3.78. The third-order valence-electron chi connectivity index (χ3n) is 6.43. The molecule has 118 valence electrons. The molecular weight excluding hydrogens is 248 g/mol. The molecule has 0 radical (unpaired) electrons. The van der Waals surface area contributed by atoms with E-state index in [1.807, 2.05) is 0 Å². The number of hydrogen-bond acceptors (Lipinski definition) is 3. The standard InChI is InChI=1S/C17H34N2O/c1-6-16(5)8-10-19(11-9-16)13-17(18)12-14(20-7-2)15(17,3)4/h14H,6-13,18H2,1-5H3. The van der Waals surface area contributed by atoms with Gasteiger partial charge in [-0.25, -0.2) is 0 Å². The van der Waals surface area contributed by atoms with Gasteiger partial charge in [0, 0.05) is 24.1 Å². The van der Waals surface area contributed by atoms with Crippen LogP contribution >= 0.6 is 0 Å². The number of nitrogens with zero attached hydrogens (tertiary/aromatic N) is 1. The first-order chi connectivity index (χ1) is 9.26.